The van der Waals surface area contributed by atoms with E-state index in [1.165, 1.54) is 11.8 Å². The number of hydrogen-bond donors (Lipinski definition) is 0. The van der Waals surface area contributed by atoms with E-state index in [-0.39, 0.29) is 16.6 Å². The Morgan fingerprint density at radius 3 is 2.69 bits per heavy atom. The molecule has 1 aromatic rings. The Kier molecular flexibility index (Phi) is 3.17. The number of halogens is 2. The van der Waals surface area contributed by atoms with E-state index in [4.69, 9.17) is 23.2 Å². The number of carbonyl (C=O) groups is 1. The Morgan fingerprint density at radius 2 is 2.31 bits per heavy atom. The van der Waals surface area contributed by atoms with Gasteiger partial charge in [0.05, 0.1) is 23.7 Å². The topological polar surface area (TPSA) is 44.1 Å². The molecule has 0 radical (unpaired) electrons. The Bertz CT molecular complexity index is 335. The first-order valence-corrected chi connectivity index (χ1v) is 4.38. The van der Waals surface area contributed by atoms with Crippen LogP contribution in [0.4, 0.5) is 0 Å². The van der Waals surface area contributed by atoms with Gasteiger partial charge in [0.2, 0.25) is 0 Å². The van der Waals surface area contributed by atoms with Crippen molar-refractivity contribution in [2.24, 2.45) is 7.05 Å². The van der Waals surface area contributed by atoms with Crippen molar-refractivity contribution in [2.45, 2.75) is 5.88 Å². The molecule has 1 aromatic heterocycles. The summed E-state index contributed by atoms with van der Waals surface area (Å²) in [6, 6.07) is 0. The molecule has 6 heteroatoms. The molecule has 0 spiro atoms. The number of alkyl halides is 1. The van der Waals surface area contributed by atoms with E-state index < -0.39 is 5.97 Å². The molecule has 1 rings (SSSR count). The lowest BCUT2D eigenvalue weighted by molar-refractivity contribution is 0.0588. The number of ether oxygens (including phenoxy) is 1. The highest BCUT2D eigenvalue weighted by molar-refractivity contribution is 6.34. The SMILES string of the molecule is COC(=O)c1c(Cl)c(CCl)nn1C. The van der Waals surface area contributed by atoms with Gasteiger partial charge in [-0.05, 0) is 0 Å². The lowest BCUT2D eigenvalue weighted by Gasteiger charge is -1.98. The maximum absolute atomic E-state index is 11.2. The minimum Gasteiger partial charge on any atom is -0.464 e. The highest BCUT2D eigenvalue weighted by Crippen LogP contribution is 2.22. The molecule has 1 heterocycles. The van der Waals surface area contributed by atoms with Gasteiger partial charge in [0.1, 0.15) is 0 Å². The number of nitrogens with zero attached hydrogens (tertiary/aromatic N) is 2. The van der Waals surface area contributed by atoms with Crippen LogP contribution in [-0.2, 0) is 17.7 Å². The van der Waals surface area contributed by atoms with Crippen LogP contribution in [0.25, 0.3) is 0 Å². The number of rotatable bonds is 2. The Morgan fingerprint density at radius 1 is 1.69 bits per heavy atom. The summed E-state index contributed by atoms with van der Waals surface area (Å²) in [5.74, 6) is -0.347. The van der Waals surface area contributed by atoms with Crippen molar-refractivity contribution in [3.8, 4) is 0 Å². The lowest BCUT2D eigenvalue weighted by atomic mass is 10.3. The maximum Gasteiger partial charge on any atom is 0.357 e. The summed E-state index contributed by atoms with van der Waals surface area (Å²) in [4.78, 5) is 11.2. The molecule has 0 aliphatic carbocycles. The number of aromatic nitrogens is 2. The summed E-state index contributed by atoms with van der Waals surface area (Å²) in [6.45, 7) is 0. The zero-order valence-corrected chi connectivity index (χ0v) is 8.69. The fourth-order valence-corrected chi connectivity index (χ4v) is 1.52. The van der Waals surface area contributed by atoms with E-state index in [1.807, 2.05) is 0 Å². The third-order valence-corrected chi connectivity index (χ3v) is 2.21. The van der Waals surface area contributed by atoms with Crippen LogP contribution >= 0.6 is 23.2 Å². The number of aryl methyl sites for hydroxylation is 1. The molecule has 0 aromatic carbocycles. The molecular weight excluding hydrogens is 215 g/mol. The van der Waals surface area contributed by atoms with Gasteiger partial charge in [0.25, 0.3) is 0 Å². The van der Waals surface area contributed by atoms with Gasteiger partial charge < -0.3 is 4.74 Å². The fraction of sp³-hybridized carbons (Fsp3) is 0.429. The van der Waals surface area contributed by atoms with Crippen LogP contribution in [0.2, 0.25) is 5.02 Å². The van der Waals surface area contributed by atoms with Crippen LogP contribution in [-0.4, -0.2) is 22.9 Å². The molecule has 0 bridgehead atoms. The zero-order chi connectivity index (χ0) is 10.0. The normalized spacial score (nSPS) is 10.2. The molecule has 0 saturated heterocycles. The van der Waals surface area contributed by atoms with Crippen LogP contribution < -0.4 is 0 Å². The molecule has 0 aliphatic heterocycles. The summed E-state index contributed by atoms with van der Waals surface area (Å²) in [5.41, 5.74) is 0.700. The van der Waals surface area contributed by atoms with Gasteiger partial charge in [0.15, 0.2) is 5.69 Å². The number of methoxy groups -OCH3 is 1. The quantitative estimate of drug-likeness (QED) is 0.565. The van der Waals surface area contributed by atoms with Crippen molar-refractivity contribution in [1.29, 1.82) is 0 Å². The van der Waals surface area contributed by atoms with Crippen LogP contribution in [0.1, 0.15) is 16.2 Å². The Balaban J connectivity index is 3.20. The largest absolute Gasteiger partial charge is 0.464 e. The van der Waals surface area contributed by atoms with Crippen LogP contribution in [0, 0.1) is 0 Å². The monoisotopic (exact) mass is 222 g/mol. The number of esters is 1. The predicted octanol–water partition coefficient (Wildman–Crippen LogP) is 1.60. The average molecular weight is 223 g/mol. The standard InChI is InChI=1S/C7H8Cl2N2O2/c1-11-6(7(12)13-2)5(9)4(3-8)10-11/h3H2,1-2H3. The molecule has 0 unspecified atom stereocenters. The molecule has 0 saturated carbocycles. The first-order valence-electron chi connectivity index (χ1n) is 3.47. The van der Waals surface area contributed by atoms with Crippen molar-refractivity contribution < 1.29 is 9.53 Å². The Hall–Kier alpha value is -0.740. The van der Waals surface area contributed by atoms with Gasteiger partial charge in [0, 0.05) is 7.05 Å². The van der Waals surface area contributed by atoms with E-state index in [1.54, 1.807) is 7.05 Å². The summed E-state index contributed by atoms with van der Waals surface area (Å²) in [5, 5.41) is 4.20. The van der Waals surface area contributed by atoms with Crippen LogP contribution in [0.5, 0.6) is 0 Å². The highest BCUT2D eigenvalue weighted by atomic mass is 35.5. The molecular formula is C7H8Cl2N2O2. The summed E-state index contributed by atoms with van der Waals surface area (Å²) >= 11 is 11.4. The van der Waals surface area contributed by atoms with Crippen molar-refractivity contribution in [3.63, 3.8) is 0 Å². The highest BCUT2D eigenvalue weighted by Gasteiger charge is 2.20. The maximum atomic E-state index is 11.2. The smallest absolute Gasteiger partial charge is 0.357 e. The van der Waals surface area contributed by atoms with Crippen molar-refractivity contribution in [1.82, 2.24) is 9.78 Å². The summed E-state index contributed by atoms with van der Waals surface area (Å²) in [7, 11) is 2.89. The van der Waals surface area contributed by atoms with E-state index in [0.717, 1.165) is 0 Å². The summed E-state index contributed by atoms with van der Waals surface area (Å²) in [6.07, 6.45) is 0. The van der Waals surface area contributed by atoms with Gasteiger partial charge in [-0.15, -0.1) is 11.6 Å². The fourth-order valence-electron chi connectivity index (χ4n) is 0.957. The molecule has 0 N–H and O–H groups in total. The van der Waals surface area contributed by atoms with E-state index in [2.05, 4.69) is 9.84 Å². The van der Waals surface area contributed by atoms with E-state index in [9.17, 15) is 4.79 Å². The van der Waals surface area contributed by atoms with Gasteiger partial charge in [-0.3, -0.25) is 4.68 Å². The van der Waals surface area contributed by atoms with Crippen molar-refractivity contribution in [3.05, 3.63) is 16.4 Å². The second-order valence-electron chi connectivity index (χ2n) is 2.36. The van der Waals surface area contributed by atoms with Crippen molar-refractivity contribution >= 4 is 29.2 Å². The third-order valence-electron chi connectivity index (χ3n) is 1.56. The molecule has 0 aliphatic rings. The third kappa shape index (κ3) is 1.78. The number of hydrogen-bond acceptors (Lipinski definition) is 3. The first-order chi connectivity index (χ1) is 6.11. The molecule has 0 fully saturated rings. The molecule has 0 amide bonds. The van der Waals surface area contributed by atoms with Crippen molar-refractivity contribution in [2.75, 3.05) is 7.11 Å². The number of carbonyl (C=O) groups excluding carboxylic acids is 1. The van der Waals surface area contributed by atoms with Gasteiger partial charge in [-0.2, -0.15) is 5.10 Å². The molecule has 0 atom stereocenters. The molecule has 13 heavy (non-hydrogen) atoms. The second-order valence-corrected chi connectivity index (χ2v) is 3.00. The van der Waals surface area contributed by atoms with E-state index in [0.29, 0.717) is 5.69 Å². The van der Waals surface area contributed by atoms with Crippen LogP contribution in [0.15, 0.2) is 0 Å². The lowest BCUT2D eigenvalue weighted by Crippen LogP contribution is -2.08. The first kappa shape index (κ1) is 10.3. The Labute approximate surface area is 85.4 Å². The van der Waals surface area contributed by atoms with Crippen LogP contribution in [0.3, 0.4) is 0 Å². The average Bonchev–Trinajstić information content (AvgIpc) is 2.40. The molecule has 4 nitrogen and oxygen atoms in total. The minimum absolute atomic E-state index is 0.170. The minimum atomic E-state index is -0.517. The predicted molar refractivity (Wildman–Crippen MR) is 49.1 cm³/mol. The van der Waals surface area contributed by atoms with E-state index >= 15 is 0 Å². The van der Waals surface area contributed by atoms with Gasteiger partial charge in [-0.1, -0.05) is 11.6 Å². The summed E-state index contributed by atoms with van der Waals surface area (Å²) < 4.78 is 5.88. The van der Waals surface area contributed by atoms with Gasteiger partial charge in [-0.25, -0.2) is 4.79 Å². The molecule has 72 valence electrons. The second kappa shape index (κ2) is 3.98. The zero-order valence-electron chi connectivity index (χ0n) is 7.17. The van der Waals surface area contributed by atoms with Gasteiger partial charge >= 0.3 is 5.97 Å².